The van der Waals surface area contributed by atoms with Crippen LogP contribution in [0.5, 0.6) is 11.5 Å². The molecule has 0 unspecified atom stereocenters. The van der Waals surface area contributed by atoms with Crippen LogP contribution >= 0.6 is 0 Å². The second kappa shape index (κ2) is 6.79. The van der Waals surface area contributed by atoms with Gasteiger partial charge in [-0.05, 0) is 30.3 Å². The lowest BCUT2D eigenvalue weighted by Crippen LogP contribution is -2.20. The lowest BCUT2D eigenvalue weighted by molar-refractivity contribution is 0.0963. The van der Waals surface area contributed by atoms with Gasteiger partial charge in [-0.2, -0.15) is 0 Å². The lowest BCUT2D eigenvalue weighted by atomic mass is 10.1. The Hall–Kier alpha value is -4.14. The zero-order chi connectivity index (χ0) is 19.8. The molecule has 0 atom stereocenters. The van der Waals surface area contributed by atoms with Crippen molar-refractivity contribution in [2.45, 2.75) is 0 Å². The molecule has 29 heavy (non-hydrogen) atoms. The molecule has 0 saturated carbocycles. The molecule has 2 N–H and O–H groups in total. The van der Waals surface area contributed by atoms with Gasteiger partial charge in [0, 0.05) is 37.3 Å². The van der Waals surface area contributed by atoms with Crippen LogP contribution in [0.3, 0.4) is 0 Å². The topological polar surface area (TPSA) is 103 Å². The highest BCUT2D eigenvalue weighted by Crippen LogP contribution is 2.36. The number of ether oxygens (including phenoxy) is 2. The Bertz CT molecular complexity index is 1240. The summed E-state index contributed by atoms with van der Waals surface area (Å²) in [6.45, 7) is 0.209. The smallest absolute Gasteiger partial charge is 0.254 e. The van der Waals surface area contributed by atoms with E-state index in [1.54, 1.807) is 42.2 Å². The molecule has 4 aromatic rings. The van der Waals surface area contributed by atoms with E-state index in [0.717, 1.165) is 5.56 Å². The number of fused-ring (bicyclic) bond motifs is 2. The second-order valence-corrected chi connectivity index (χ2v) is 6.29. The van der Waals surface area contributed by atoms with Crippen molar-refractivity contribution < 1.29 is 14.3 Å². The van der Waals surface area contributed by atoms with E-state index in [4.69, 9.17) is 14.5 Å². The van der Waals surface area contributed by atoms with E-state index >= 15 is 0 Å². The fourth-order valence-corrected chi connectivity index (χ4v) is 3.14. The van der Waals surface area contributed by atoms with E-state index < -0.39 is 0 Å². The molecule has 1 aliphatic rings. The first-order valence-corrected chi connectivity index (χ1v) is 8.91. The minimum absolute atomic E-state index is 0.209. The monoisotopic (exact) mass is 388 g/mol. The SMILES string of the molecule is CNC(=O)c1cccnc1Nc1nc(-c2ccc3c(c2)OCO3)cc2nccn12. The van der Waals surface area contributed by atoms with Gasteiger partial charge in [-0.15, -0.1) is 0 Å². The summed E-state index contributed by atoms with van der Waals surface area (Å²) in [5.74, 6) is 2.02. The maximum absolute atomic E-state index is 12.2. The Kier molecular flexibility index (Phi) is 3.98. The Morgan fingerprint density at radius 3 is 2.90 bits per heavy atom. The molecule has 1 aromatic carbocycles. The number of carbonyl (C=O) groups is 1. The largest absolute Gasteiger partial charge is 0.454 e. The van der Waals surface area contributed by atoms with Gasteiger partial charge < -0.3 is 20.1 Å². The quantitative estimate of drug-likeness (QED) is 0.554. The van der Waals surface area contributed by atoms with Gasteiger partial charge in [0.25, 0.3) is 5.91 Å². The van der Waals surface area contributed by atoms with E-state index in [0.29, 0.717) is 40.2 Å². The highest BCUT2D eigenvalue weighted by atomic mass is 16.7. The standard InChI is InChI=1S/C20H16N6O3/c1-21-19(27)13-3-2-6-23-18(13)25-20-24-14(10-17-22-7-8-26(17)20)12-4-5-15-16(9-12)29-11-28-15/h2-10H,11H2,1H3,(H,21,27)(H,23,24,25). The Morgan fingerprint density at radius 2 is 2.00 bits per heavy atom. The highest BCUT2D eigenvalue weighted by Gasteiger charge is 2.17. The number of hydrogen-bond acceptors (Lipinski definition) is 7. The number of nitrogens with zero attached hydrogens (tertiary/aromatic N) is 4. The van der Waals surface area contributed by atoms with Crippen LogP contribution < -0.4 is 20.1 Å². The van der Waals surface area contributed by atoms with Crippen LogP contribution in [0.25, 0.3) is 16.9 Å². The van der Waals surface area contributed by atoms with Gasteiger partial charge in [-0.25, -0.2) is 15.0 Å². The Labute approximate surface area is 165 Å². The van der Waals surface area contributed by atoms with Crippen molar-refractivity contribution in [1.29, 1.82) is 0 Å². The third kappa shape index (κ3) is 2.98. The third-order valence-corrected chi connectivity index (χ3v) is 4.57. The first-order chi connectivity index (χ1) is 14.2. The van der Waals surface area contributed by atoms with E-state index in [1.165, 1.54) is 0 Å². The van der Waals surface area contributed by atoms with Crippen LogP contribution in [0.4, 0.5) is 11.8 Å². The fraction of sp³-hybridized carbons (Fsp3) is 0.100. The van der Waals surface area contributed by atoms with Crippen molar-refractivity contribution in [3.05, 3.63) is 60.6 Å². The summed E-state index contributed by atoms with van der Waals surface area (Å²) in [6, 6.07) is 10.9. The average molecular weight is 388 g/mol. The van der Waals surface area contributed by atoms with Gasteiger partial charge in [-0.3, -0.25) is 9.20 Å². The molecular formula is C20H16N6O3. The van der Waals surface area contributed by atoms with Crippen LogP contribution in [0, 0.1) is 0 Å². The number of imidazole rings is 1. The first-order valence-electron chi connectivity index (χ1n) is 8.91. The van der Waals surface area contributed by atoms with E-state index in [2.05, 4.69) is 20.6 Å². The number of nitrogens with one attached hydrogen (secondary N) is 2. The second-order valence-electron chi connectivity index (χ2n) is 6.29. The summed E-state index contributed by atoms with van der Waals surface area (Å²) in [7, 11) is 1.58. The molecule has 0 radical (unpaired) electrons. The molecule has 1 amide bonds. The molecule has 0 fully saturated rings. The third-order valence-electron chi connectivity index (χ3n) is 4.57. The van der Waals surface area contributed by atoms with Gasteiger partial charge in [0.2, 0.25) is 12.7 Å². The van der Waals surface area contributed by atoms with Crippen LogP contribution in [0.1, 0.15) is 10.4 Å². The molecule has 0 aliphatic carbocycles. The average Bonchev–Trinajstić information content (AvgIpc) is 3.42. The van der Waals surface area contributed by atoms with Crippen LogP contribution in [-0.2, 0) is 0 Å². The summed E-state index contributed by atoms with van der Waals surface area (Å²) < 4.78 is 12.6. The van der Waals surface area contributed by atoms with Crippen molar-refractivity contribution in [3.63, 3.8) is 0 Å². The molecular weight excluding hydrogens is 372 g/mol. The molecule has 9 nitrogen and oxygen atoms in total. The predicted molar refractivity (Wildman–Crippen MR) is 105 cm³/mol. The van der Waals surface area contributed by atoms with Gasteiger partial charge >= 0.3 is 0 Å². The zero-order valence-electron chi connectivity index (χ0n) is 15.4. The number of benzene rings is 1. The summed E-state index contributed by atoms with van der Waals surface area (Å²) in [5, 5.41) is 5.78. The Balaban J connectivity index is 1.60. The molecule has 1 aliphatic heterocycles. The van der Waals surface area contributed by atoms with Gasteiger partial charge in [0.1, 0.15) is 11.5 Å². The molecule has 9 heteroatoms. The number of aromatic nitrogens is 4. The van der Waals surface area contributed by atoms with Crippen LogP contribution in [0.15, 0.2) is 55.0 Å². The van der Waals surface area contributed by atoms with Gasteiger partial charge in [0.05, 0.1) is 11.3 Å². The highest BCUT2D eigenvalue weighted by molar-refractivity contribution is 5.99. The maximum atomic E-state index is 12.2. The van der Waals surface area contributed by atoms with E-state index in [1.807, 2.05) is 24.3 Å². The number of rotatable bonds is 4. The van der Waals surface area contributed by atoms with E-state index in [-0.39, 0.29) is 12.7 Å². The molecule has 0 spiro atoms. The van der Waals surface area contributed by atoms with Crippen molar-refractivity contribution in [2.75, 3.05) is 19.2 Å². The number of anilines is 2. The maximum Gasteiger partial charge on any atom is 0.254 e. The number of pyridine rings is 1. The van der Waals surface area contributed by atoms with E-state index in [9.17, 15) is 4.79 Å². The predicted octanol–water partition coefficient (Wildman–Crippen LogP) is 2.62. The normalized spacial score (nSPS) is 12.2. The lowest BCUT2D eigenvalue weighted by Gasteiger charge is -2.12. The van der Waals surface area contributed by atoms with Crippen molar-refractivity contribution in [2.24, 2.45) is 0 Å². The zero-order valence-corrected chi connectivity index (χ0v) is 15.4. The van der Waals surface area contributed by atoms with Gasteiger partial charge in [-0.1, -0.05) is 0 Å². The first kappa shape index (κ1) is 17.0. The van der Waals surface area contributed by atoms with Crippen molar-refractivity contribution >= 4 is 23.3 Å². The molecule has 3 aromatic heterocycles. The molecule has 4 heterocycles. The molecule has 0 bridgehead atoms. The minimum Gasteiger partial charge on any atom is -0.454 e. The van der Waals surface area contributed by atoms with Crippen LogP contribution in [0.2, 0.25) is 0 Å². The number of carbonyl (C=O) groups excluding carboxylic acids is 1. The summed E-state index contributed by atoms with van der Waals surface area (Å²) >= 11 is 0. The summed E-state index contributed by atoms with van der Waals surface area (Å²) in [5.41, 5.74) is 2.67. The summed E-state index contributed by atoms with van der Waals surface area (Å²) in [6.07, 6.45) is 5.09. The Morgan fingerprint density at radius 1 is 1.10 bits per heavy atom. The fourth-order valence-electron chi connectivity index (χ4n) is 3.14. The molecule has 0 saturated heterocycles. The van der Waals surface area contributed by atoms with Crippen LogP contribution in [-0.4, -0.2) is 39.1 Å². The minimum atomic E-state index is -0.241. The number of hydrogen-bond donors (Lipinski definition) is 2. The van der Waals surface area contributed by atoms with Crippen molar-refractivity contribution in [1.82, 2.24) is 24.7 Å². The molecule has 144 valence electrons. The van der Waals surface area contributed by atoms with Gasteiger partial charge in [0.15, 0.2) is 11.5 Å². The van der Waals surface area contributed by atoms with Crippen molar-refractivity contribution in [3.8, 4) is 22.8 Å². The summed E-state index contributed by atoms with van der Waals surface area (Å²) in [4.78, 5) is 25.6. The number of amides is 1. The molecule has 5 rings (SSSR count).